The van der Waals surface area contributed by atoms with Crippen molar-refractivity contribution in [2.24, 2.45) is 4.99 Å². The molecule has 0 aliphatic carbocycles. The SMILES string of the molecule is CN=C(NCCNC(=O)c1cccc(Br)c1)NCc1cc(F)ccc1F. The summed E-state index contributed by atoms with van der Waals surface area (Å²) < 4.78 is 27.6. The van der Waals surface area contributed by atoms with Crippen molar-refractivity contribution < 1.29 is 13.6 Å². The van der Waals surface area contributed by atoms with Crippen LogP contribution in [0.5, 0.6) is 0 Å². The standard InChI is InChI=1S/C18H19BrF2N4O/c1-22-18(25-11-13-10-15(20)5-6-16(13)21)24-8-7-23-17(26)12-3-2-4-14(19)9-12/h2-6,9-10H,7-8,11H2,1H3,(H,23,26)(H2,22,24,25). The van der Waals surface area contributed by atoms with Crippen molar-refractivity contribution in [2.75, 3.05) is 20.1 Å². The first-order chi connectivity index (χ1) is 12.5. The summed E-state index contributed by atoms with van der Waals surface area (Å²) in [7, 11) is 1.57. The summed E-state index contributed by atoms with van der Waals surface area (Å²) in [5, 5.41) is 8.67. The molecule has 26 heavy (non-hydrogen) atoms. The number of carbonyl (C=O) groups excluding carboxylic acids is 1. The Balaban J connectivity index is 1.75. The predicted molar refractivity (Wildman–Crippen MR) is 101 cm³/mol. The molecule has 0 fully saturated rings. The molecule has 0 saturated carbocycles. The molecule has 138 valence electrons. The molecule has 0 aromatic heterocycles. The van der Waals surface area contributed by atoms with Gasteiger partial charge in [-0.05, 0) is 36.4 Å². The van der Waals surface area contributed by atoms with E-state index in [-0.39, 0.29) is 18.0 Å². The third-order valence-corrected chi connectivity index (χ3v) is 3.96. The highest BCUT2D eigenvalue weighted by Gasteiger charge is 2.07. The minimum Gasteiger partial charge on any atom is -0.355 e. The number of hydrogen-bond acceptors (Lipinski definition) is 2. The van der Waals surface area contributed by atoms with Crippen LogP contribution in [0.1, 0.15) is 15.9 Å². The first kappa shape index (κ1) is 19.8. The highest BCUT2D eigenvalue weighted by atomic mass is 79.9. The number of hydrogen-bond donors (Lipinski definition) is 3. The van der Waals surface area contributed by atoms with Crippen molar-refractivity contribution >= 4 is 27.8 Å². The van der Waals surface area contributed by atoms with Gasteiger partial charge in [-0.1, -0.05) is 22.0 Å². The molecule has 1 amide bonds. The maximum Gasteiger partial charge on any atom is 0.251 e. The Morgan fingerprint density at radius 1 is 1.08 bits per heavy atom. The van der Waals surface area contributed by atoms with E-state index >= 15 is 0 Å². The van der Waals surface area contributed by atoms with Crippen LogP contribution < -0.4 is 16.0 Å². The molecule has 0 saturated heterocycles. The van der Waals surface area contributed by atoms with E-state index < -0.39 is 11.6 Å². The quantitative estimate of drug-likeness (QED) is 0.379. The van der Waals surface area contributed by atoms with E-state index in [1.165, 1.54) is 0 Å². The van der Waals surface area contributed by atoms with E-state index in [0.29, 0.717) is 24.6 Å². The van der Waals surface area contributed by atoms with Gasteiger partial charge in [0, 0.05) is 42.3 Å². The molecule has 0 heterocycles. The molecule has 8 heteroatoms. The molecule has 0 radical (unpaired) electrons. The molecular formula is C18H19BrF2N4O. The minimum absolute atomic E-state index is 0.0909. The van der Waals surface area contributed by atoms with Gasteiger partial charge in [-0.15, -0.1) is 0 Å². The lowest BCUT2D eigenvalue weighted by atomic mass is 10.2. The van der Waals surface area contributed by atoms with E-state index in [0.717, 1.165) is 22.7 Å². The second kappa shape index (κ2) is 9.86. The Morgan fingerprint density at radius 3 is 2.58 bits per heavy atom. The number of carbonyl (C=O) groups is 1. The Morgan fingerprint density at radius 2 is 1.85 bits per heavy atom. The first-order valence-corrected chi connectivity index (χ1v) is 8.71. The van der Waals surface area contributed by atoms with E-state index in [1.807, 2.05) is 6.07 Å². The van der Waals surface area contributed by atoms with Crippen molar-refractivity contribution in [3.63, 3.8) is 0 Å². The van der Waals surface area contributed by atoms with Gasteiger partial charge in [-0.3, -0.25) is 9.79 Å². The second-order valence-electron chi connectivity index (χ2n) is 5.35. The third kappa shape index (κ3) is 6.11. The zero-order valence-corrected chi connectivity index (χ0v) is 15.7. The van der Waals surface area contributed by atoms with E-state index in [2.05, 4.69) is 36.9 Å². The van der Waals surface area contributed by atoms with Crippen LogP contribution in [0, 0.1) is 11.6 Å². The summed E-state index contributed by atoms with van der Waals surface area (Å²) in [6.45, 7) is 0.888. The zero-order valence-electron chi connectivity index (χ0n) is 14.2. The monoisotopic (exact) mass is 424 g/mol. The second-order valence-corrected chi connectivity index (χ2v) is 6.27. The zero-order chi connectivity index (χ0) is 18.9. The van der Waals surface area contributed by atoms with E-state index in [4.69, 9.17) is 0 Å². The number of aliphatic imine (C=N–C) groups is 1. The normalized spacial score (nSPS) is 11.2. The van der Waals surface area contributed by atoms with Crippen molar-refractivity contribution in [3.05, 3.63) is 69.7 Å². The smallest absolute Gasteiger partial charge is 0.251 e. The van der Waals surface area contributed by atoms with Crippen LogP contribution in [-0.4, -0.2) is 32.0 Å². The molecule has 2 aromatic rings. The molecule has 3 N–H and O–H groups in total. The third-order valence-electron chi connectivity index (χ3n) is 3.47. The summed E-state index contributed by atoms with van der Waals surface area (Å²) in [6, 6.07) is 10.4. The molecule has 0 atom stereocenters. The van der Waals surface area contributed by atoms with Gasteiger partial charge in [-0.2, -0.15) is 0 Å². The Hall–Kier alpha value is -2.48. The van der Waals surface area contributed by atoms with Gasteiger partial charge in [-0.25, -0.2) is 8.78 Å². The van der Waals surface area contributed by atoms with Crippen molar-refractivity contribution in [2.45, 2.75) is 6.54 Å². The van der Waals surface area contributed by atoms with E-state index in [1.54, 1.807) is 25.2 Å². The summed E-state index contributed by atoms with van der Waals surface area (Å²) in [4.78, 5) is 16.0. The largest absolute Gasteiger partial charge is 0.355 e. The van der Waals surface area contributed by atoms with Crippen LogP contribution in [0.4, 0.5) is 8.78 Å². The fourth-order valence-electron chi connectivity index (χ4n) is 2.17. The van der Waals surface area contributed by atoms with E-state index in [9.17, 15) is 13.6 Å². The lowest BCUT2D eigenvalue weighted by molar-refractivity contribution is 0.0954. The summed E-state index contributed by atoms with van der Waals surface area (Å²) in [5.74, 6) is -0.750. The van der Waals surface area contributed by atoms with Crippen LogP contribution >= 0.6 is 15.9 Å². The molecule has 2 rings (SSSR count). The highest BCUT2D eigenvalue weighted by molar-refractivity contribution is 9.10. The molecule has 0 unspecified atom stereocenters. The lowest BCUT2D eigenvalue weighted by Gasteiger charge is -2.13. The minimum atomic E-state index is -0.499. The Labute approximate surface area is 159 Å². The summed E-state index contributed by atoms with van der Waals surface area (Å²) in [5.41, 5.74) is 0.763. The van der Waals surface area contributed by atoms with Crippen molar-refractivity contribution in [3.8, 4) is 0 Å². The Bertz CT molecular complexity index is 799. The number of nitrogens with one attached hydrogen (secondary N) is 3. The van der Waals surface area contributed by atoms with Gasteiger partial charge in [0.25, 0.3) is 5.91 Å². The number of nitrogens with zero attached hydrogens (tertiary/aromatic N) is 1. The van der Waals surface area contributed by atoms with Crippen LogP contribution in [0.3, 0.4) is 0 Å². The molecule has 0 bridgehead atoms. The van der Waals surface area contributed by atoms with Gasteiger partial charge >= 0.3 is 0 Å². The average Bonchev–Trinajstić information content (AvgIpc) is 2.63. The number of rotatable bonds is 6. The molecule has 0 spiro atoms. The molecule has 0 aliphatic rings. The van der Waals surface area contributed by atoms with Gasteiger partial charge in [0.15, 0.2) is 5.96 Å². The van der Waals surface area contributed by atoms with Crippen LogP contribution in [0.2, 0.25) is 0 Å². The van der Waals surface area contributed by atoms with Crippen LogP contribution in [0.15, 0.2) is 51.9 Å². The number of halogens is 3. The average molecular weight is 425 g/mol. The number of amides is 1. The molecular weight excluding hydrogens is 406 g/mol. The highest BCUT2D eigenvalue weighted by Crippen LogP contribution is 2.11. The fourth-order valence-corrected chi connectivity index (χ4v) is 2.57. The first-order valence-electron chi connectivity index (χ1n) is 7.92. The topological polar surface area (TPSA) is 65.5 Å². The summed E-state index contributed by atoms with van der Waals surface area (Å²) in [6.07, 6.45) is 0. The van der Waals surface area contributed by atoms with Crippen LogP contribution in [-0.2, 0) is 6.54 Å². The maximum atomic E-state index is 13.6. The predicted octanol–water partition coefficient (Wildman–Crippen LogP) is 2.82. The van der Waals surface area contributed by atoms with Crippen molar-refractivity contribution in [1.82, 2.24) is 16.0 Å². The lowest BCUT2D eigenvalue weighted by Crippen LogP contribution is -2.41. The van der Waals surface area contributed by atoms with Gasteiger partial charge < -0.3 is 16.0 Å². The Kier molecular flexibility index (Phi) is 7.53. The number of guanidine groups is 1. The molecule has 0 aliphatic heterocycles. The fraction of sp³-hybridized carbons (Fsp3) is 0.222. The summed E-state index contributed by atoms with van der Waals surface area (Å²) >= 11 is 3.32. The maximum absolute atomic E-state index is 13.6. The van der Waals surface area contributed by atoms with Gasteiger partial charge in [0.1, 0.15) is 11.6 Å². The van der Waals surface area contributed by atoms with Gasteiger partial charge in [0.05, 0.1) is 0 Å². The molecule has 5 nitrogen and oxygen atoms in total. The van der Waals surface area contributed by atoms with Gasteiger partial charge in [0.2, 0.25) is 0 Å². The number of benzene rings is 2. The van der Waals surface area contributed by atoms with Crippen LogP contribution in [0.25, 0.3) is 0 Å². The molecule has 2 aromatic carbocycles. The van der Waals surface area contributed by atoms with Crippen molar-refractivity contribution in [1.29, 1.82) is 0 Å².